The molecule has 7 heteroatoms. The molecule has 120 valence electrons. The van der Waals surface area contributed by atoms with Crippen LogP contribution in [0.4, 0.5) is 0 Å². The summed E-state index contributed by atoms with van der Waals surface area (Å²) in [4.78, 5) is 24.9. The molecule has 1 heterocycles. The zero-order chi connectivity index (χ0) is 16.1. The van der Waals surface area contributed by atoms with E-state index in [1.807, 2.05) is 0 Å². The second-order valence-corrected chi connectivity index (χ2v) is 6.05. The highest BCUT2D eigenvalue weighted by molar-refractivity contribution is 6.34. The molecule has 0 atom stereocenters. The van der Waals surface area contributed by atoms with Crippen molar-refractivity contribution in [3.63, 3.8) is 0 Å². The molecule has 0 radical (unpaired) electrons. The average molecular weight is 345 g/mol. The van der Waals surface area contributed by atoms with Crippen LogP contribution in [0.5, 0.6) is 5.75 Å². The van der Waals surface area contributed by atoms with Crippen molar-refractivity contribution in [2.24, 2.45) is 0 Å². The van der Waals surface area contributed by atoms with Gasteiger partial charge in [-0.2, -0.15) is 0 Å². The summed E-state index contributed by atoms with van der Waals surface area (Å²) in [6, 6.07) is 4.91. The van der Waals surface area contributed by atoms with Crippen molar-refractivity contribution in [2.45, 2.75) is 25.8 Å². The van der Waals surface area contributed by atoms with E-state index in [-0.39, 0.29) is 24.5 Å². The molecule has 1 fully saturated rings. The fraction of sp³-hybridized carbons (Fsp3) is 0.467. The van der Waals surface area contributed by atoms with Gasteiger partial charge in [-0.25, -0.2) is 0 Å². The van der Waals surface area contributed by atoms with Gasteiger partial charge in [0.15, 0.2) is 6.61 Å². The third-order valence-electron chi connectivity index (χ3n) is 3.56. The molecule has 0 spiro atoms. The summed E-state index contributed by atoms with van der Waals surface area (Å²) in [6.07, 6.45) is 1.51. The zero-order valence-corrected chi connectivity index (χ0v) is 13.8. The number of carbonyl (C=O) groups is 2. The second kappa shape index (κ2) is 7.70. The first-order valence-electron chi connectivity index (χ1n) is 7.08. The number of nitrogens with zero attached hydrogens (tertiary/aromatic N) is 1. The standard InChI is InChI=1S/C15H18Cl2N2O3/c1-10(20)19-6-4-12(5-7-19)18-15(21)9-22-14-8-11(16)2-3-13(14)17/h2-3,8,12H,4-7,9H2,1H3,(H,18,21). The topological polar surface area (TPSA) is 58.6 Å². The molecule has 1 aromatic carbocycles. The Morgan fingerprint density at radius 2 is 2.00 bits per heavy atom. The molecule has 0 unspecified atom stereocenters. The predicted molar refractivity (Wildman–Crippen MR) is 85.4 cm³/mol. The SMILES string of the molecule is CC(=O)N1CCC(NC(=O)COc2cc(Cl)ccc2Cl)CC1. The average Bonchev–Trinajstić information content (AvgIpc) is 2.49. The van der Waals surface area contributed by atoms with Crippen LogP contribution in [0.3, 0.4) is 0 Å². The molecule has 0 aromatic heterocycles. The highest BCUT2D eigenvalue weighted by Crippen LogP contribution is 2.27. The molecule has 1 N–H and O–H groups in total. The first-order chi connectivity index (χ1) is 10.5. The molecule has 0 bridgehead atoms. The van der Waals surface area contributed by atoms with Crippen molar-refractivity contribution >= 4 is 35.0 Å². The Morgan fingerprint density at radius 1 is 1.32 bits per heavy atom. The van der Waals surface area contributed by atoms with Crippen LogP contribution in [0.2, 0.25) is 10.0 Å². The van der Waals surface area contributed by atoms with E-state index in [1.165, 1.54) is 0 Å². The minimum absolute atomic E-state index is 0.0709. The number of nitrogens with one attached hydrogen (secondary N) is 1. The Kier molecular flexibility index (Phi) is 5.91. The van der Waals surface area contributed by atoms with E-state index < -0.39 is 0 Å². The van der Waals surface area contributed by atoms with Crippen LogP contribution in [0, 0.1) is 0 Å². The Balaban J connectivity index is 1.77. The Labute approximate surface area is 139 Å². The molecule has 5 nitrogen and oxygen atoms in total. The summed E-state index contributed by atoms with van der Waals surface area (Å²) in [5, 5.41) is 3.81. The van der Waals surface area contributed by atoms with Gasteiger partial charge in [-0.1, -0.05) is 23.2 Å². The second-order valence-electron chi connectivity index (χ2n) is 5.21. The van der Waals surface area contributed by atoms with E-state index in [4.69, 9.17) is 27.9 Å². The highest BCUT2D eigenvalue weighted by Gasteiger charge is 2.22. The maximum absolute atomic E-state index is 11.9. The van der Waals surface area contributed by atoms with Gasteiger partial charge in [-0.3, -0.25) is 9.59 Å². The van der Waals surface area contributed by atoms with E-state index in [0.717, 1.165) is 12.8 Å². The Bertz CT molecular complexity index is 558. The van der Waals surface area contributed by atoms with Gasteiger partial charge in [0.05, 0.1) is 5.02 Å². The number of ether oxygens (including phenoxy) is 1. The number of halogens is 2. The number of likely N-dealkylation sites (tertiary alicyclic amines) is 1. The molecule has 2 rings (SSSR count). The molecule has 1 aliphatic heterocycles. The lowest BCUT2D eigenvalue weighted by Crippen LogP contribution is -2.47. The summed E-state index contributed by atoms with van der Waals surface area (Å²) in [5.74, 6) is 0.247. The maximum Gasteiger partial charge on any atom is 0.258 e. The third kappa shape index (κ3) is 4.78. The molecule has 1 saturated heterocycles. The van der Waals surface area contributed by atoms with E-state index in [2.05, 4.69) is 5.32 Å². The van der Waals surface area contributed by atoms with E-state index in [0.29, 0.717) is 28.9 Å². The van der Waals surface area contributed by atoms with Crippen LogP contribution in [-0.4, -0.2) is 42.5 Å². The van der Waals surface area contributed by atoms with Gasteiger partial charge in [0.25, 0.3) is 5.91 Å². The molecule has 22 heavy (non-hydrogen) atoms. The van der Waals surface area contributed by atoms with Crippen molar-refractivity contribution in [1.29, 1.82) is 0 Å². The normalized spacial score (nSPS) is 15.5. The third-order valence-corrected chi connectivity index (χ3v) is 4.10. The lowest BCUT2D eigenvalue weighted by atomic mass is 10.1. The number of hydrogen-bond donors (Lipinski definition) is 1. The molecule has 1 aromatic rings. The summed E-state index contributed by atoms with van der Waals surface area (Å²) < 4.78 is 5.39. The van der Waals surface area contributed by atoms with Crippen LogP contribution in [0.15, 0.2) is 18.2 Å². The molecular weight excluding hydrogens is 327 g/mol. The van der Waals surface area contributed by atoms with Gasteiger partial charge in [-0.05, 0) is 25.0 Å². The first-order valence-corrected chi connectivity index (χ1v) is 7.84. The Morgan fingerprint density at radius 3 is 2.64 bits per heavy atom. The molecule has 1 aliphatic rings. The van der Waals surface area contributed by atoms with Gasteiger partial charge < -0.3 is 15.0 Å². The van der Waals surface area contributed by atoms with Crippen LogP contribution in [0.1, 0.15) is 19.8 Å². The van der Waals surface area contributed by atoms with E-state index >= 15 is 0 Å². The monoisotopic (exact) mass is 344 g/mol. The molecular formula is C15H18Cl2N2O3. The largest absolute Gasteiger partial charge is 0.482 e. The van der Waals surface area contributed by atoms with Crippen LogP contribution < -0.4 is 10.1 Å². The molecule has 2 amide bonds. The van der Waals surface area contributed by atoms with Crippen molar-refractivity contribution in [2.75, 3.05) is 19.7 Å². The number of hydrogen-bond acceptors (Lipinski definition) is 3. The summed E-state index contributed by atoms with van der Waals surface area (Å²) in [5.41, 5.74) is 0. The number of benzene rings is 1. The van der Waals surface area contributed by atoms with E-state index in [9.17, 15) is 9.59 Å². The van der Waals surface area contributed by atoms with Gasteiger partial charge in [-0.15, -0.1) is 0 Å². The lowest BCUT2D eigenvalue weighted by Gasteiger charge is -2.31. The Hall–Kier alpha value is -1.46. The van der Waals surface area contributed by atoms with Gasteiger partial charge in [0.2, 0.25) is 5.91 Å². The summed E-state index contributed by atoms with van der Waals surface area (Å²) >= 11 is 11.8. The van der Waals surface area contributed by atoms with Crippen molar-refractivity contribution < 1.29 is 14.3 Å². The van der Waals surface area contributed by atoms with Gasteiger partial charge in [0.1, 0.15) is 5.75 Å². The van der Waals surface area contributed by atoms with E-state index in [1.54, 1.807) is 30.0 Å². The summed E-state index contributed by atoms with van der Waals surface area (Å²) in [6.45, 7) is 2.77. The highest BCUT2D eigenvalue weighted by atomic mass is 35.5. The van der Waals surface area contributed by atoms with Crippen LogP contribution >= 0.6 is 23.2 Å². The minimum Gasteiger partial charge on any atom is -0.482 e. The zero-order valence-electron chi connectivity index (χ0n) is 12.3. The predicted octanol–water partition coefficient (Wildman–Crippen LogP) is 2.50. The van der Waals surface area contributed by atoms with Crippen molar-refractivity contribution in [3.8, 4) is 5.75 Å². The minimum atomic E-state index is -0.211. The number of carbonyl (C=O) groups excluding carboxylic acids is 2. The number of piperidine rings is 1. The lowest BCUT2D eigenvalue weighted by molar-refractivity contribution is -0.130. The smallest absolute Gasteiger partial charge is 0.258 e. The quantitative estimate of drug-likeness (QED) is 0.912. The summed E-state index contributed by atoms with van der Waals surface area (Å²) in [7, 11) is 0. The van der Waals surface area contributed by atoms with Crippen LogP contribution in [-0.2, 0) is 9.59 Å². The number of rotatable bonds is 4. The fourth-order valence-corrected chi connectivity index (χ4v) is 2.67. The van der Waals surface area contributed by atoms with Gasteiger partial charge >= 0.3 is 0 Å². The van der Waals surface area contributed by atoms with Crippen molar-refractivity contribution in [3.05, 3.63) is 28.2 Å². The first kappa shape index (κ1) is 16.9. The molecule has 0 saturated carbocycles. The van der Waals surface area contributed by atoms with Crippen molar-refractivity contribution in [1.82, 2.24) is 10.2 Å². The van der Waals surface area contributed by atoms with Gasteiger partial charge in [0, 0.05) is 37.1 Å². The molecule has 0 aliphatic carbocycles. The maximum atomic E-state index is 11.9. The fourth-order valence-electron chi connectivity index (χ4n) is 2.34. The van der Waals surface area contributed by atoms with Crippen LogP contribution in [0.25, 0.3) is 0 Å². The number of amides is 2.